The lowest BCUT2D eigenvalue weighted by atomic mass is 9.77. The Labute approximate surface area is 111 Å². The predicted molar refractivity (Wildman–Crippen MR) is 70.8 cm³/mol. The van der Waals surface area contributed by atoms with Crippen LogP contribution in [0.15, 0.2) is 18.2 Å². The van der Waals surface area contributed by atoms with E-state index in [2.05, 4.69) is 4.74 Å². The minimum absolute atomic E-state index is 0.0486. The van der Waals surface area contributed by atoms with Gasteiger partial charge >= 0.3 is 6.16 Å². The number of fused-ring (bicyclic) bond motifs is 1. The lowest BCUT2D eigenvalue weighted by Crippen LogP contribution is -2.41. The highest BCUT2D eigenvalue weighted by Crippen LogP contribution is 2.41. The minimum atomic E-state index is -1.36. The van der Waals surface area contributed by atoms with E-state index in [0.29, 0.717) is 13.0 Å². The lowest BCUT2D eigenvalue weighted by molar-refractivity contribution is -0.120. The summed E-state index contributed by atoms with van der Waals surface area (Å²) in [5, 5.41) is 8.65. The Morgan fingerprint density at radius 3 is 2.74 bits per heavy atom. The first-order valence-corrected chi connectivity index (χ1v) is 6.21. The minimum Gasteiger partial charge on any atom is -0.449 e. The number of carbonyl (C=O) groups is 2. The van der Waals surface area contributed by atoms with E-state index in [0.717, 1.165) is 11.3 Å². The molecule has 0 spiro atoms. The second-order valence-electron chi connectivity index (χ2n) is 5.25. The van der Waals surface area contributed by atoms with E-state index in [9.17, 15) is 9.59 Å². The van der Waals surface area contributed by atoms with Crippen LogP contribution in [0.5, 0.6) is 5.75 Å². The fraction of sp³-hybridized carbons (Fsp3) is 0.429. The van der Waals surface area contributed by atoms with E-state index in [1.807, 2.05) is 26.8 Å². The van der Waals surface area contributed by atoms with Crippen LogP contribution in [0.1, 0.15) is 32.8 Å². The first-order valence-electron chi connectivity index (χ1n) is 6.21. The van der Waals surface area contributed by atoms with Crippen LogP contribution in [0.4, 0.5) is 10.5 Å². The molecule has 0 saturated carbocycles. The average Bonchev–Trinajstić information content (AvgIpc) is 2.27. The van der Waals surface area contributed by atoms with Crippen LogP contribution < -0.4 is 9.64 Å². The molecule has 0 bridgehead atoms. The first kappa shape index (κ1) is 13.4. The summed E-state index contributed by atoms with van der Waals surface area (Å²) in [6.45, 7) is 6.46. The normalized spacial score (nSPS) is 17.0. The van der Waals surface area contributed by atoms with Crippen LogP contribution in [0, 0.1) is 0 Å². The largest absolute Gasteiger partial charge is 0.511 e. The van der Waals surface area contributed by atoms with Gasteiger partial charge in [-0.25, -0.2) is 4.79 Å². The number of nitrogens with zero attached hydrogens (tertiary/aromatic N) is 1. The zero-order chi connectivity index (χ0) is 14.2. The topological polar surface area (TPSA) is 66.8 Å². The van der Waals surface area contributed by atoms with Gasteiger partial charge in [-0.3, -0.25) is 4.79 Å². The van der Waals surface area contributed by atoms with Gasteiger partial charge in [-0.2, -0.15) is 0 Å². The highest BCUT2D eigenvalue weighted by molar-refractivity contribution is 5.98. The van der Waals surface area contributed by atoms with Gasteiger partial charge in [0.1, 0.15) is 5.75 Å². The van der Waals surface area contributed by atoms with Gasteiger partial charge in [0.15, 0.2) is 0 Å². The van der Waals surface area contributed by atoms with Crippen LogP contribution in [0.2, 0.25) is 0 Å². The van der Waals surface area contributed by atoms with Gasteiger partial charge in [0.05, 0.1) is 5.69 Å². The van der Waals surface area contributed by atoms with E-state index in [1.54, 1.807) is 17.0 Å². The summed E-state index contributed by atoms with van der Waals surface area (Å²) in [4.78, 5) is 24.3. The molecule has 0 fully saturated rings. The molecule has 19 heavy (non-hydrogen) atoms. The molecule has 0 aromatic heterocycles. The van der Waals surface area contributed by atoms with E-state index >= 15 is 0 Å². The molecule has 0 saturated heterocycles. The molecule has 0 atom stereocenters. The third-order valence-corrected chi connectivity index (χ3v) is 3.40. The molecular weight excluding hydrogens is 246 g/mol. The molecule has 0 aliphatic carbocycles. The number of hydrogen-bond acceptors (Lipinski definition) is 3. The molecule has 102 valence electrons. The Bertz CT molecular complexity index is 536. The Hall–Kier alpha value is -2.04. The first-order chi connectivity index (χ1) is 8.85. The maximum Gasteiger partial charge on any atom is 0.511 e. The number of carboxylic acid groups (broad SMARTS) is 1. The molecule has 1 amide bonds. The van der Waals surface area contributed by atoms with Crippen LogP contribution in [-0.4, -0.2) is 23.7 Å². The Kier molecular flexibility index (Phi) is 3.22. The van der Waals surface area contributed by atoms with Crippen LogP contribution in [0.3, 0.4) is 0 Å². The average molecular weight is 263 g/mol. The van der Waals surface area contributed by atoms with Crippen LogP contribution in [-0.2, 0) is 10.2 Å². The summed E-state index contributed by atoms with van der Waals surface area (Å²) in [6, 6.07) is 5.08. The van der Waals surface area contributed by atoms with Gasteiger partial charge in [0.2, 0.25) is 5.91 Å². The summed E-state index contributed by atoms with van der Waals surface area (Å²) in [5.41, 5.74) is 1.52. The van der Waals surface area contributed by atoms with Gasteiger partial charge in [-0.1, -0.05) is 19.9 Å². The van der Waals surface area contributed by atoms with E-state index in [-0.39, 0.29) is 17.1 Å². The predicted octanol–water partition coefficient (Wildman–Crippen LogP) is 2.78. The van der Waals surface area contributed by atoms with Crippen LogP contribution >= 0.6 is 0 Å². The van der Waals surface area contributed by atoms with E-state index in [4.69, 9.17) is 5.11 Å². The zero-order valence-electron chi connectivity index (χ0n) is 11.3. The zero-order valence-corrected chi connectivity index (χ0v) is 11.3. The summed E-state index contributed by atoms with van der Waals surface area (Å²) in [7, 11) is 0. The standard InChI is InChI=1S/C14H17NO4/c1-4-15-11-7-9(19-13(17)18)5-6-10(11)14(2,3)8-12(15)16/h5-7H,4,8H2,1-3H3,(H,17,18). The Balaban J connectivity index is 2.52. The van der Waals surface area contributed by atoms with Crippen molar-refractivity contribution in [2.45, 2.75) is 32.6 Å². The molecule has 1 heterocycles. The smallest absolute Gasteiger partial charge is 0.449 e. The molecule has 1 aromatic rings. The van der Waals surface area contributed by atoms with Crippen molar-refractivity contribution in [3.05, 3.63) is 23.8 Å². The number of carbonyl (C=O) groups excluding carboxylic acids is 1. The highest BCUT2D eigenvalue weighted by atomic mass is 16.7. The van der Waals surface area contributed by atoms with Crippen molar-refractivity contribution in [2.24, 2.45) is 0 Å². The van der Waals surface area contributed by atoms with Gasteiger partial charge in [0, 0.05) is 24.4 Å². The summed E-state index contributed by atoms with van der Waals surface area (Å²) in [5.74, 6) is 0.280. The number of anilines is 1. The lowest BCUT2D eigenvalue weighted by Gasteiger charge is -2.38. The highest BCUT2D eigenvalue weighted by Gasteiger charge is 2.36. The number of ether oxygens (including phenoxy) is 1. The van der Waals surface area contributed by atoms with Crippen molar-refractivity contribution in [1.29, 1.82) is 0 Å². The molecule has 1 aliphatic rings. The molecule has 1 aromatic carbocycles. The van der Waals surface area contributed by atoms with Crippen molar-refractivity contribution < 1.29 is 19.4 Å². The molecule has 5 nitrogen and oxygen atoms in total. The van der Waals surface area contributed by atoms with Gasteiger partial charge in [0.25, 0.3) is 0 Å². The fourth-order valence-electron chi connectivity index (χ4n) is 2.52. The van der Waals surface area contributed by atoms with Gasteiger partial charge in [-0.15, -0.1) is 0 Å². The van der Waals surface area contributed by atoms with E-state index in [1.165, 1.54) is 0 Å². The third kappa shape index (κ3) is 2.41. The summed E-state index contributed by atoms with van der Waals surface area (Å²) >= 11 is 0. The van der Waals surface area contributed by atoms with Crippen molar-refractivity contribution in [3.8, 4) is 5.75 Å². The quantitative estimate of drug-likeness (QED) is 0.658. The SMILES string of the molecule is CCN1C(=O)CC(C)(C)c2ccc(OC(=O)O)cc21. The second kappa shape index (κ2) is 4.57. The molecule has 0 unspecified atom stereocenters. The van der Waals surface area contributed by atoms with Gasteiger partial charge in [-0.05, 0) is 18.6 Å². The monoisotopic (exact) mass is 263 g/mol. The van der Waals surface area contributed by atoms with Crippen molar-refractivity contribution in [2.75, 3.05) is 11.4 Å². The number of hydrogen-bond donors (Lipinski definition) is 1. The Morgan fingerprint density at radius 1 is 1.47 bits per heavy atom. The molecule has 1 aliphatic heterocycles. The molecular formula is C14H17NO4. The Morgan fingerprint density at radius 2 is 2.16 bits per heavy atom. The summed E-state index contributed by atoms with van der Waals surface area (Å²) in [6.07, 6.45) is -0.906. The van der Waals surface area contributed by atoms with Crippen molar-refractivity contribution in [1.82, 2.24) is 0 Å². The number of rotatable bonds is 2. The number of amides is 1. The molecule has 0 radical (unpaired) electrons. The molecule has 5 heteroatoms. The maximum absolute atomic E-state index is 12.1. The summed E-state index contributed by atoms with van der Waals surface area (Å²) < 4.78 is 4.66. The molecule has 2 rings (SSSR count). The maximum atomic E-state index is 12.1. The van der Waals surface area contributed by atoms with Gasteiger partial charge < -0.3 is 14.7 Å². The second-order valence-corrected chi connectivity index (χ2v) is 5.25. The third-order valence-electron chi connectivity index (χ3n) is 3.40. The molecule has 1 N–H and O–H groups in total. The van der Waals surface area contributed by atoms with Crippen molar-refractivity contribution >= 4 is 17.7 Å². The van der Waals surface area contributed by atoms with E-state index < -0.39 is 6.16 Å². The van der Waals surface area contributed by atoms with Crippen molar-refractivity contribution in [3.63, 3.8) is 0 Å². The number of benzene rings is 1. The van der Waals surface area contributed by atoms with Crippen LogP contribution in [0.25, 0.3) is 0 Å². The fourth-order valence-corrected chi connectivity index (χ4v) is 2.52.